The number of hydrogen-bond acceptors (Lipinski definition) is 5. The predicted octanol–water partition coefficient (Wildman–Crippen LogP) is 5.58. The van der Waals surface area contributed by atoms with Crippen LogP contribution in [0.15, 0.2) is 42.5 Å². The standard InChI is InChI=1S/C20H20Cl3NO5/c1-18(2,3)12-5-10-15-16(11-12)29-20(28-15,19(21,22)23)24-17(25)27-14-8-6-13(26-4)7-9-14/h5-11H,1-4H3,(H,24,25). The van der Waals surface area contributed by atoms with Crippen molar-refractivity contribution in [2.75, 3.05) is 7.11 Å². The van der Waals surface area contributed by atoms with Gasteiger partial charge in [-0.15, -0.1) is 0 Å². The first kappa shape index (κ1) is 21.7. The molecule has 3 rings (SSSR count). The third kappa shape index (κ3) is 4.60. The van der Waals surface area contributed by atoms with Crippen LogP contribution in [0.25, 0.3) is 0 Å². The summed E-state index contributed by atoms with van der Waals surface area (Å²) in [5.41, 5.74) is 0.852. The highest BCUT2D eigenvalue weighted by atomic mass is 35.6. The van der Waals surface area contributed by atoms with E-state index < -0.39 is 15.8 Å². The van der Waals surface area contributed by atoms with E-state index in [1.807, 2.05) is 6.07 Å². The van der Waals surface area contributed by atoms with E-state index in [0.29, 0.717) is 17.2 Å². The van der Waals surface area contributed by atoms with E-state index in [4.69, 9.17) is 53.8 Å². The van der Waals surface area contributed by atoms with Crippen LogP contribution in [0.3, 0.4) is 0 Å². The van der Waals surface area contributed by atoms with Gasteiger partial charge in [-0.3, -0.25) is 0 Å². The van der Waals surface area contributed by atoms with Gasteiger partial charge >= 0.3 is 12.0 Å². The van der Waals surface area contributed by atoms with Gasteiger partial charge in [-0.25, -0.2) is 10.1 Å². The van der Waals surface area contributed by atoms with Crippen molar-refractivity contribution >= 4 is 40.9 Å². The summed E-state index contributed by atoms with van der Waals surface area (Å²) in [6.45, 7) is 6.16. The lowest BCUT2D eigenvalue weighted by Gasteiger charge is -2.33. The van der Waals surface area contributed by atoms with E-state index >= 15 is 0 Å². The van der Waals surface area contributed by atoms with Gasteiger partial charge in [0.25, 0.3) is 3.79 Å². The molecule has 9 heteroatoms. The third-order valence-corrected chi connectivity index (χ3v) is 4.97. The van der Waals surface area contributed by atoms with Crippen LogP contribution < -0.4 is 24.3 Å². The van der Waals surface area contributed by atoms with E-state index in [1.165, 1.54) is 7.11 Å². The number of halogens is 3. The average Bonchev–Trinajstić information content (AvgIpc) is 2.99. The van der Waals surface area contributed by atoms with Gasteiger partial charge in [-0.1, -0.05) is 61.6 Å². The van der Waals surface area contributed by atoms with E-state index in [0.717, 1.165) is 5.56 Å². The molecule has 2 aromatic carbocycles. The largest absolute Gasteiger partial charge is 0.497 e. The van der Waals surface area contributed by atoms with Crippen LogP contribution in [-0.2, 0) is 5.41 Å². The summed E-state index contributed by atoms with van der Waals surface area (Å²) in [6, 6.07) is 11.8. The summed E-state index contributed by atoms with van der Waals surface area (Å²) in [5.74, 6) is -0.556. The number of alkyl halides is 3. The molecule has 1 atom stereocenters. The van der Waals surface area contributed by atoms with Crippen molar-refractivity contribution in [2.45, 2.75) is 35.9 Å². The molecule has 1 amide bonds. The molecule has 1 heterocycles. The number of amides is 1. The van der Waals surface area contributed by atoms with Crippen LogP contribution in [0.1, 0.15) is 26.3 Å². The number of methoxy groups -OCH3 is 1. The van der Waals surface area contributed by atoms with Crippen LogP contribution in [0.2, 0.25) is 0 Å². The van der Waals surface area contributed by atoms with E-state index in [1.54, 1.807) is 36.4 Å². The van der Waals surface area contributed by atoms with Gasteiger partial charge in [0.05, 0.1) is 7.11 Å². The number of benzene rings is 2. The van der Waals surface area contributed by atoms with Crippen LogP contribution >= 0.6 is 34.8 Å². The first-order valence-corrected chi connectivity index (χ1v) is 9.80. The minimum atomic E-state index is -2.16. The Balaban J connectivity index is 1.82. The maximum absolute atomic E-state index is 12.5. The van der Waals surface area contributed by atoms with Crippen LogP contribution in [0, 0.1) is 0 Å². The molecule has 1 N–H and O–H groups in total. The average molecular weight is 461 g/mol. The molecular formula is C20H20Cl3NO5. The molecule has 0 spiro atoms. The topological polar surface area (TPSA) is 66.0 Å². The number of carbonyl (C=O) groups is 1. The highest BCUT2D eigenvalue weighted by Crippen LogP contribution is 2.49. The minimum Gasteiger partial charge on any atom is -0.497 e. The molecular weight excluding hydrogens is 441 g/mol. The van der Waals surface area contributed by atoms with E-state index in [2.05, 4.69) is 26.1 Å². The molecule has 6 nitrogen and oxygen atoms in total. The Labute approximate surface area is 183 Å². The number of fused-ring (bicyclic) bond motifs is 1. The van der Waals surface area contributed by atoms with E-state index in [-0.39, 0.29) is 11.2 Å². The Morgan fingerprint density at radius 1 is 0.966 bits per heavy atom. The molecule has 0 saturated heterocycles. The van der Waals surface area contributed by atoms with Gasteiger partial charge in [0, 0.05) is 0 Å². The SMILES string of the molecule is COc1ccc(OC(=O)NC2(C(Cl)(Cl)Cl)Oc3ccc(C(C)(C)C)cc3O2)cc1. The van der Waals surface area contributed by atoms with Gasteiger partial charge < -0.3 is 18.9 Å². The Bertz CT molecular complexity index is 906. The van der Waals surface area contributed by atoms with Crippen molar-refractivity contribution in [1.82, 2.24) is 5.32 Å². The van der Waals surface area contributed by atoms with Crippen LogP contribution in [0.4, 0.5) is 4.79 Å². The molecule has 1 unspecified atom stereocenters. The van der Waals surface area contributed by atoms with Crippen molar-refractivity contribution in [2.24, 2.45) is 0 Å². The molecule has 1 aliphatic heterocycles. The fraction of sp³-hybridized carbons (Fsp3) is 0.350. The first-order valence-electron chi connectivity index (χ1n) is 8.67. The molecule has 29 heavy (non-hydrogen) atoms. The zero-order chi connectivity index (χ0) is 21.4. The summed E-state index contributed by atoms with van der Waals surface area (Å²) >= 11 is 18.3. The highest BCUT2D eigenvalue weighted by molar-refractivity contribution is 6.68. The third-order valence-electron chi connectivity index (χ3n) is 4.23. The summed E-state index contributed by atoms with van der Waals surface area (Å²) in [7, 11) is 1.53. The predicted molar refractivity (Wildman–Crippen MR) is 112 cm³/mol. The normalized spacial score (nSPS) is 18.3. The second kappa shape index (κ2) is 7.67. The Morgan fingerprint density at radius 2 is 1.55 bits per heavy atom. The smallest absolute Gasteiger partial charge is 0.418 e. The maximum Gasteiger partial charge on any atom is 0.418 e. The molecule has 0 bridgehead atoms. The first-order chi connectivity index (χ1) is 13.4. The summed E-state index contributed by atoms with van der Waals surface area (Å²) in [4.78, 5) is 12.5. The van der Waals surface area contributed by atoms with Gasteiger partial charge in [-0.05, 0) is 47.4 Å². The second-order valence-electron chi connectivity index (χ2n) is 7.42. The lowest BCUT2D eigenvalue weighted by Crippen LogP contribution is -2.64. The zero-order valence-electron chi connectivity index (χ0n) is 16.2. The molecule has 0 fully saturated rings. The van der Waals surface area contributed by atoms with Gasteiger partial charge in [-0.2, -0.15) is 0 Å². The molecule has 0 radical (unpaired) electrons. The lowest BCUT2D eigenvalue weighted by atomic mass is 9.87. The highest BCUT2D eigenvalue weighted by Gasteiger charge is 2.60. The van der Waals surface area contributed by atoms with Gasteiger partial charge in [0.2, 0.25) is 0 Å². The molecule has 0 saturated carbocycles. The Kier molecular flexibility index (Phi) is 5.73. The van der Waals surface area contributed by atoms with Crippen LogP contribution in [0.5, 0.6) is 23.0 Å². The number of ether oxygens (including phenoxy) is 4. The monoisotopic (exact) mass is 459 g/mol. The molecule has 0 aromatic heterocycles. The van der Waals surface area contributed by atoms with Gasteiger partial charge in [0.1, 0.15) is 11.5 Å². The number of nitrogens with one attached hydrogen (secondary N) is 1. The molecule has 156 valence electrons. The van der Waals surface area contributed by atoms with Crippen molar-refractivity contribution in [3.63, 3.8) is 0 Å². The zero-order valence-corrected chi connectivity index (χ0v) is 18.5. The summed E-state index contributed by atoms with van der Waals surface area (Å²) in [5, 5.41) is 2.38. The fourth-order valence-corrected chi connectivity index (χ4v) is 2.99. The van der Waals surface area contributed by atoms with Gasteiger partial charge in [0.15, 0.2) is 11.5 Å². The second-order valence-corrected chi connectivity index (χ2v) is 9.70. The molecule has 0 aliphatic carbocycles. The maximum atomic E-state index is 12.5. The quantitative estimate of drug-likeness (QED) is 0.606. The van der Waals surface area contributed by atoms with Crippen LogP contribution in [-0.4, -0.2) is 22.9 Å². The van der Waals surface area contributed by atoms with Crippen molar-refractivity contribution in [3.8, 4) is 23.0 Å². The number of rotatable bonds is 3. The van der Waals surface area contributed by atoms with Crippen molar-refractivity contribution < 1.29 is 23.7 Å². The summed E-state index contributed by atoms with van der Waals surface area (Å²) in [6.07, 6.45) is -0.926. The lowest BCUT2D eigenvalue weighted by molar-refractivity contribution is -0.0964. The molecule has 2 aromatic rings. The van der Waals surface area contributed by atoms with Crippen molar-refractivity contribution in [1.29, 1.82) is 0 Å². The number of carbonyl (C=O) groups excluding carboxylic acids is 1. The molecule has 1 aliphatic rings. The summed E-state index contributed by atoms with van der Waals surface area (Å²) < 4.78 is 19.6. The fourth-order valence-electron chi connectivity index (χ4n) is 2.62. The minimum absolute atomic E-state index is 0.135. The van der Waals surface area contributed by atoms with Crippen molar-refractivity contribution in [3.05, 3.63) is 48.0 Å². The Hall–Kier alpha value is -2.02. The Morgan fingerprint density at radius 3 is 2.10 bits per heavy atom. The number of hydrogen-bond donors (Lipinski definition) is 1. The van der Waals surface area contributed by atoms with E-state index in [9.17, 15) is 4.79 Å².